The fraction of sp³-hybridized carbons (Fsp3) is 0.462. The van der Waals surface area contributed by atoms with E-state index < -0.39 is 0 Å². The lowest BCUT2D eigenvalue weighted by Gasteiger charge is -2.08. The summed E-state index contributed by atoms with van der Waals surface area (Å²) in [6.45, 7) is 4.24. The molecule has 0 aromatic carbocycles. The van der Waals surface area contributed by atoms with Crippen LogP contribution in [-0.4, -0.2) is 18.7 Å². The van der Waals surface area contributed by atoms with Gasteiger partial charge in [0.15, 0.2) is 11.2 Å². The van der Waals surface area contributed by atoms with Gasteiger partial charge in [0.25, 0.3) is 5.56 Å². The van der Waals surface area contributed by atoms with E-state index in [2.05, 4.69) is 11.6 Å². The third kappa shape index (κ3) is 2.25. The summed E-state index contributed by atoms with van der Waals surface area (Å²) in [6, 6.07) is 0. The molecule has 0 unspecified atom stereocenters. The lowest BCUT2D eigenvalue weighted by molar-refractivity contribution is 0.573. The van der Waals surface area contributed by atoms with Crippen molar-refractivity contribution in [2.75, 3.05) is 0 Å². The smallest absolute Gasteiger partial charge is 0.328 e. The van der Waals surface area contributed by atoms with Gasteiger partial charge in [-0.05, 0) is 19.3 Å². The first kappa shape index (κ1) is 13.3. The van der Waals surface area contributed by atoms with E-state index in [0.717, 1.165) is 23.8 Å². The summed E-state index contributed by atoms with van der Waals surface area (Å²) in [7, 11) is 3.25. The summed E-state index contributed by atoms with van der Waals surface area (Å²) in [6.07, 6.45) is 6.17. The van der Waals surface area contributed by atoms with Gasteiger partial charge in [-0.3, -0.25) is 13.9 Å². The molecular formula is C13H18N4O2. The Labute approximate surface area is 110 Å². The highest BCUT2D eigenvalue weighted by atomic mass is 16.2. The molecule has 0 fully saturated rings. The summed E-state index contributed by atoms with van der Waals surface area (Å²) in [5, 5.41) is 0. The molecule has 0 saturated heterocycles. The van der Waals surface area contributed by atoms with Gasteiger partial charge in [0.1, 0.15) is 0 Å². The van der Waals surface area contributed by atoms with Crippen LogP contribution in [0.1, 0.15) is 19.3 Å². The van der Waals surface area contributed by atoms with Gasteiger partial charge in [-0.2, -0.15) is 0 Å². The summed E-state index contributed by atoms with van der Waals surface area (Å²) >= 11 is 0. The molecule has 0 spiro atoms. The van der Waals surface area contributed by atoms with Crippen LogP contribution in [0.25, 0.3) is 11.2 Å². The average molecular weight is 262 g/mol. The van der Waals surface area contributed by atoms with Crippen LogP contribution in [-0.2, 0) is 20.6 Å². The lowest BCUT2D eigenvalue weighted by atomic mass is 10.2. The largest absolute Gasteiger partial charge is 0.332 e. The Kier molecular flexibility index (Phi) is 3.69. The first-order valence-electron chi connectivity index (χ1n) is 6.29. The second kappa shape index (κ2) is 5.26. The van der Waals surface area contributed by atoms with Crippen molar-refractivity contribution in [2.45, 2.75) is 25.8 Å². The zero-order chi connectivity index (χ0) is 14.0. The topological polar surface area (TPSA) is 61.8 Å². The quantitative estimate of drug-likeness (QED) is 0.591. The molecule has 6 heteroatoms. The van der Waals surface area contributed by atoms with Crippen LogP contribution >= 0.6 is 0 Å². The number of imidazole rings is 1. The Morgan fingerprint density at radius 3 is 2.74 bits per heavy atom. The van der Waals surface area contributed by atoms with Crippen molar-refractivity contribution in [2.24, 2.45) is 14.1 Å². The minimum atomic E-state index is -0.310. The van der Waals surface area contributed by atoms with Gasteiger partial charge in [0.05, 0.1) is 6.33 Å². The van der Waals surface area contributed by atoms with Gasteiger partial charge in [-0.25, -0.2) is 9.78 Å². The first-order chi connectivity index (χ1) is 9.07. The predicted molar refractivity (Wildman–Crippen MR) is 74.3 cm³/mol. The van der Waals surface area contributed by atoms with Crippen molar-refractivity contribution >= 4 is 11.2 Å². The first-order valence-corrected chi connectivity index (χ1v) is 6.29. The SMILES string of the molecule is C=CCCCCn1c(=O)n(C)c(=O)c2c1ncn2C. The maximum absolute atomic E-state index is 12.1. The number of aryl methyl sites for hydroxylation is 2. The molecule has 6 nitrogen and oxygen atoms in total. The van der Waals surface area contributed by atoms with E-state index >= 15 is 0 Å². The Hall–Kier alpha value is -2.11. The van der Waals surface area contributed by atoms with Crippen LogP contribution in [0.4, 0.5) is 0 Å². The summed E-state index contributed by atoms with van der Waals surface area (Å²) in [5.74, 6) is 0. The number of allylic oxidation sites excluding steroid dienone is 1. The molecule has 0 bridgehead atoms. The standard InChI is InChI=1S/C13H18N4O2/c1-4-5-6-7-8-17-11-10(15(2)9-14-11)12(18)16(3)13(17)19/h4,9H,1,5-8H2,2-3H3. The molecule has 0 atom stereocenters. The van der Waals surface area contributed by atoms with Crippen LogP contribution < -0.4 is 11.2 Å². The number of aromatic nitrogens is 4. The molecule has 0 aliphatic carbocycles. The van der Waals surface area contributed by atoms with Gasteiger partial charge >= 0.3 is 5.69 Å². The molecule has 102 valence electrons. The zero-order valence-corrected chi connectivity index (χ0v) is 11.3. The highest BCUT2D eigenvalue weighted by Gasteiger charge is 2.14. The van der Waals surface area contributed by atoms with E-state index in [9.17, 15) is 9.59 Å². The van der Waals surface area contributed by atoms with E-state index in [4.69, 9.17) is 0 Å². The fourth-order valence-electron chi connectivity index (χ4n) is 2.14. The molecule has 2 rings (SSSR count). The van der Waals surface area contributed by atoms with Gasteiger partial charge in [0.2, 0.25) is 0 Å². The van der Waals surface area contributed by atoms with Crippen LogP contribution in [0.5, 0.6) is 0 Å². The van der Waals surface area contributed by atoms with Crippen molar-refractivity contribution in [3.05, 3.63) is 39.8 Å². The van der Waals surface area contributed by atoms with Gasteiger partial charge in [-0.15, -0.1) is 6.58 Å². The number of nitrogens with zero attached hydrogens (tertiary/aromatic N) is 4. The Balaban J connectivity index is 2.51. The summed E-state index contributed by atoms with van der Waals surface area (Å²) in [5.41, 5.74) is 0.317. The molecule has 2 aromatic rings. The number of rotatable bonds is 5. The van der Waals surface area contributed by atoms with Crippen molar-refractivity contribution in [3.63, 3.8) is 0 Å². The van der Waals surface area contributed by atoms with Gasteiger partial charge in [-0.1, -0.05) is 6.08 Å². The third-order valence-electron chi connectivity index (χ3n) is 3.24. The molecule has 0 aliphatic rings. The Bertz CT molecular complexity index is 721. The van der Waals surface area contributed by atoms with E-state index in [0.29, 0.717) is 17.7 Å². The van der Waals surface area contributed by atoms with E-state index in [-0.39, 0.29) is 11.2 Å². The molecule has 0 radical (unpaired) electrons. The molecular weight excluding hydrogens is 244 g/mol. The minimum Gasteiger partial charge on any atom is -0.328 e. The zero-order valence-electron chi connectivity index (χ0n) is 11.3. The van der Waals surface area contributed by atoms with E-state index in [1.807, 2.05) is 6.08 Å². The number of unbranched alkanes of at least 4 members (excludes halogenated alkanes) is 2. The monoisotopic (exact) mass is 262 g/mol. The van der Waals surface area contributed by atoms with Crippen LogP contribution in [0.3, 0.4) is 0 Å². The fourth-order valence-corrected chi connectivity index (χ4v) is 2.14. The van der Waals surface area contributed by atoms with Crippen LogP contribution in [0, 0.1) is 0 Å². The summed E-state index contributed by atoms with van der Waals surface area (Å²) < 4.78 is 4.36. The Morgan fingerprint density at radius 2 is 2.05 bits per heavy atom. The van der Waals surface area contributed by atoms with Crippen molar-refractivity contribution in [1.29, 1.82) is 0 Å². The van der Waals surface area contributed by atoms with E-state index in [1.165, 1.54) is 7.05 Å². The lowest BCUT2D eigenvalue weighted by Crippen LogP contribution is -2.38. The molecule has 2 aromatic heterocycles. The molecule has 0 N–H and O–H groups in total. The Morgan fingerprint density at radius 1 is 1.32 bits per heavy atom. The highest BCUT2D eigenvalue weighted by molar-refractivity contribution is 5.69. The van der Waals surface area contributed by atoms with Crippen molar-refractivity contribution < 1.29 is 0 Å². The highest BCUT2D eigenvalue weighted by Crippen LogP contribution is 2.06. The number of hydrogen-bond donors (Lipinski definition) is 0. The number of fused-ring (bicyclic) bond motifs is 1. The summed E-state index contributed by atoms with van der Waals surface area (Å²) in [4.78, 5) is 28.3. The van der Waals surface area contributed by atoms with Crippen molar-refractivity contribution in [1.82, 2.24) is 18.7 Å². The second-order valence-corrected chi connectivity index (χ2v) is 4.61. The molecule has 0 amide bonds. The molecule has 19 heavy (non-hydrogen) atoms. The second-order valence-electron chi connectivity index (χ2n) is 4.61. The molecule has 0 aliphatic heterocycles. The maximum Gasteiger partial charge on any atom is 0.332 e. The van der Waals surface area contributed by atoms with Crippen LogP contribution in [0.15, 0.2) is 28.6 Å². The van der Waals surface area contributed by atoms with Crippen molar-refractivity contribution in [3.8, 4) is 0 Å². The third-order valence-corrected chi connectivity index (χ3v) is 3.24. The van der Waals surface area contributed by atoms with Gasteiger partial charge < -0.3 is 4.57 Å². The van der Waals surface area contributed by atoms with Gasteiger partial charge in [0, 0.05) is 20.6 Å². The predicted octanol–water partition coefficient (Wildman–Crippen LogP) is 0.790. The normalized spacial score (nSPS) is 11.1. The number of hydrogen-bond acceptors (Lipinski definition) is 3. The van der Waals surface area contributed by atoms with Crippen LogP contribution in [0.2, 0.25) is 0 Å². The maximum atomic E-state index is 12.1. The minimum absolute atomic E-state index is 0.303. The van der Waals surface area contributed by atoms with E-state index in [1.54, 1.807) is 22.5 Å². The average Bonchev–Trinajstić information content (AvgIpc) is 2.77. The molecule has 0 saturated carbocycles. The molecule has 2 heterocycles.